The second kappa shape index (κ2) is 6.33. The Morgan fingerprint density at radius 2 is 2.10 bits per heavy atom. The van der Waals surface area contributed by atoms with Crippen LogP contribution >= 0.6 is 0 Å². The fourth-order valence-corrected chi connectivity index (χ4v) is 1.89. The summed E-state index contributed by atoms with van der Waals surface area (Å²) in [7, 11) is 1.53. The lowest BCUT2D eigenvalue weighted by atomic mass is 10.3. The Morgan fingerprint density at radius 1 is 1.43 bits per heavy atom. The van der Waals surface area contributed by atoms with Crippen LogP contribution in [0.4, 0.5) is 10.1 Å². The highest BCUT2D eigenvalue weighted by Crippen LogP contribution is 2.23. The van der Waals surface area contributed by atoms with Crippen LogP contribution < -0.4 is 5.01 Å². The molecular formula is C14H15FN4O2. The Hall–Kier alpha value is -2.46. The first kappa shape index (κ1) is 14.9. The number of nitrogens with zero attached hydrogens (tertiary/aromatic N) is 4. The maximum Gasteiger partial charge on any atom is 0.288 e. The molecule has 1 heterocycles. The van der Waals surface area contributed by atoms with Crippen molar-refractivity contribution >= 4 is 17.3 Å². The summed E-state index contributed by atoms with van der Waals surface area (Å²) in [5.41, 5.74) is 0.294. The van der Waals surface area contributed by atoms with E-state index in [1.165, 1.54) is 41.2 Å². The van der Waals surface area contributed by atoms with Crippen molar-refractivity contribution in [2.75, 3.05) is 18.7 Å². The van der Waals surface area contributed by atoms with Crippen LogP contribution in [0, 0.1) is 17.1 Å². The minimum Gasteiger partial charge on any atom is -0.339 e. The maximum absolute atomic E-state index is 13.0. The fraction of sp³-hybridized carbons (Fsp3) is 0.357. The molecule has 2 rings (SSSR count). The van der Waals surface area contributed by atoms with Crippen LogP contribution in [0.15, 0.2) is 29.4 Å². The van der Waals surface area contributed by atoms with E-state index in [1.807, 2.05) is 6.92 Å². The Labute approximate surface area is 122 Å². The third kappa shape index (κ3) is 3.01. The van der Waals surface area contributed by atoms with Crippen molar-refractivity contribution < 1.29 is 13.9 Å². The molecule has 7 heteroatoms. The Bertz CT molecular complexity index is 594. The fourth-order valence-electron chi connectivity index (χ4n) is 1.89. The molecule has 0 aromatic heterocycles. The predicted octanol–water partition coefficient (Wildman–Crippen LogP) is 1.69. The zero-order valence-electron chi connectivity index (χ0n) is 11.8. The van der Waals surface area contributed by atoms with Crippen molar-refractivity contribution in [2.24, 2.45) is 5.10 Å². The normalized spacial score (nSPS) is 18.5. The molecule has 0 saturated carbocycles. The summed E-state index contributed by atoms with van der Waals surface area (Å²) in [6.45, 7) is 2.37. The van der Waals surface area contributed by atoms with Gasteiger partial charge in [0.1, 0.15) is 11.9 Å². The summed E-state index contributed by atoms with van der Waals surface area (Å²) in [4.78, 5) is 13.3. The van der Waals surface area contributed by atoms with Crippen LogP contribution in [0.5, 0.6) is 0 Å². The second-order valence-corrected chi connectivity index (χ2v) is 4.49. The third-order valence-corrected chi connectivity index (χ3v) is 2.94. The summed E-state index contributed by atoms with van der Waals surface area (Å²) in [6.07, 6.45) is 0.00458. The lowest BCUT2D eigenvalue weighted by molar-refractivity contribution is -0.137. The van der Waals surface area contributed by atoms with Crippen LogP contribution in [0.25, 0.3) is 0 Å². The van der Waals surface area contributed by atoms with Gasteiger partial charge in [-0.3, -0.25) is 9.69 Å². The molecule has 110 valence electrons. The number of nitriles is 1. The van der Waals surface area contributed by atoms with Gasteiger partial charge in [-0.05, 0) is 30.7 Å². The first-order valence-corrected chi connectivity index (χ1v) is 6.50. The van der Waals surface area contributed by atoms with Crippen molar-refractivity contribution in [1.29, 1.82) is 5.26 Å². The highest BCUT2D eigenvalue weighted by Gasteiger charge is 2.35. The van der Waals surface area contributed by atoms with E-state index >= 15 is 0 Å². The van der Waals surface area contributed by atoms with Gasteiger partial charge in [0.05, 0.1) is 12.3 Å². The predicted molar refractivity (Wildman–Crippen MR) is 74.7 cm³/mol. The molecule has 6 nitrogen and oxygen atoms in total. The van der Waals surface area contributed by atoms with Gasteiger partial charge in [-0.1, -0.05) is 6.92 Å². The Kier molecular flexibility index (Phi) is 4.50. The molecule has 0 spiro atoms. The van der Waals surface area contributed by atoms with Gasteiger partial charge >= 0.3 is 0 Å². The first-order chi connectivity index (χ1) is 10.1. The minimum absolute atomic E-state index is 0.238. The highest BCUT2D eigenvalue weighted by molar-refractivity contribution is 6.45. The second-order valence-electron chi connectivity index (χ2n) is 4.49. The van der Waals surface area contributed by atoms with E-state index in [9.17, 15) is 9.18 Å². The van der Waals surface area contributed by atoms with Crippen LogP contribution in [-0.4, -0.2) is 36.5 Å². The summed E-state index contributed by atoms with van der Waals surface area (Å²) in [6, 6.07) is 7.35. The third-order valence-electron chi connectivity index (χ3n) is 2.94. The lowest BCUT2D eigenvalue weighted by Gasteiger charge is -2.38. The van der Waals surface area contributed by atoms with Gasteiger partial charge in [0.2, 0.25) is 12.1 Å². The number of amides is 1. The van der Waals surface area contributed by atoms with Crippen LogP contribution in [-0.2, 0) is 9.53 Å². The number of hydrogen-bond acceptors (Lipinski definition) is 5. The number of carbonyl (C=O) groups is 1. The number of hydrazone groups is 1. The number of hydrogen-bond donors (Lipinski definition) is 0. The SMILES string of the molecule is CCCOC1N(C)C(=O)C(C#N)=NN1c1ccc(F)cc1. The average Bonchev–Trinajstić information content (AvgIpc) is 2.49. The molecule has 1 aliphatic heterocycles. The van der Waals surface area contributed by atoms with Gasteiger partial charge < -0.3 is 4.74 Å². The number of halogens is 1. The molecular weight excluding hydrogens is 275 g/mol. The summed E-state index contributed by atoms with van der Waals surface area (Å²) in [5, 5.41) is 14.4. The molecule has 0 saturated heterocycles. The maximum atomic E-state index is 13.0. The van der Waals surface area contributed by atoms with Gasteiger partial charge in [0.25, 0.3) is 5.91 Å². The Morgan fingerprint density at radius 3 is 2.67 bits per heavy atom. The number of carbonyl (C=O) groups excluding carboxylic acids is 1. The number of benzene rings is 1. The molecule has 21 heavy (non-hydrogen) atoms. The van der Waals surface area contributed by atoms with Crippen LogP contribution in [0.2, 0.25) is 0 Å². The van der Waals surface area contributed by atoms with E-state index in [0.717, 1.165) is 6.42 Å². The van der Waals surface area contributed by atoms with Crippen LogP contribution in [0.3, 0.4) is 0 Å². The van der Waals surface area contributed by atoms with Crippen molar-refractivity contribution in [1.82, 2.24) is 4.90 Å². The first-order valence-electron chi connectivity index (χ1n) is 6.50. The molecule has 0 aliphatic carbocycles. The topological polar surface area (TPSA) is 68.9 Å². The van der Waals surface area contributed by atoms with Crippen LogP contribution in [0.1, 0.15) is 13.3 Å². The van der Waals surface area contributed by atoms with Crippen molar-refractivity contribution in [3.63, 3.8) is 0 Å². The van der Waals surface area contributed by atoms with E-state index in [1.54, 1.807) is 6.07 Å². The summed E-state index contributed by atoms with van der Waals surface area (Å²) in [5.74, 6) is -0.882. The lowest BCUT2D eigenvalue weighted by Crippen LogP contribution is -2.55. The van der Waals surface area contributed by atoms with Crippen molar-refractivity contribution in [3.8, 4) is 6.07 Å². The van der Waals surface area contributed by atoms with Gasteiger partial charge in [-0.2, -0.15) is 10.4 Å². The molecule has 0 fully saturated rings. The van der Waals surface area contributed by atoms with E-state index in [2.05, 4.69) is 5.10 Å². The molecule has 1 aliphatic rings. The smallest absolute Gasteiger partial charge is 0.288 e. The molecule has 1 amide bonds. The minimum atomic E-state index is -0.764. The standard InChI is InChI=1S/C14H15FN4O2/c1-3-8-21-14-18(2)13(20)12(9-16)17-19(14)11-6-4-10(15)5-7-11/h4-7,14H,3,8H2,1-2H3. The van der Waals surface area contributed by atoms with E-state index in [4.69, 9.17) is 10.00 Å². The van der Waals surface area contributed by atoms with E-state index in [-0.39, 0.29) is 11.5 Å². The van der Waals surface area contributed by atoms with Gasteiger partial charge in [0.15, 0.2) is 0 Å². The van der Waals surface area contributed by atoms with E-state index < -0.39 is 12.3 Å². The largest absolute Gasteiger partial charge is 0.339 e. The molecule has 1 unspecified atom stereocenters. The van der Waals surface area contributed by atoms with Gasteiger partial charge in [-0.25, -0.2) is 9.40 Å². The Balaban J connectivity index is 2.40. The molecule has 0 bridgehead atoms. The summed E-state index contributed by atoms with van der Waals surface area (Å²) >= 11 is 0. The monoisotopic (exact) mass is 290 g/mol. The van der Waals surface area contributed by atoms with Crippen molar-refractivity contribution in [2.45, 2.75) is 19.7 Å². The molecule has 1 atom stereocenters. The molecule has 0 radical (unpaired) electrons. The van der Waals surface area contributed by atoms with E-state index in [0.29, 0.717) is 12.3 Å². The number of rotatable bonds is 4. The van der Waals surface area contributed by atoms with Gasteiger partial charge in [-0.15, -0.1) is 0 Å². The van der Waals surface area contributed by atoms with Gasteiger partial charge in [0, 0.05) is 7.05 Å². The average molecular weight is 290 g/mol. The quantitative estimate of drug-likeness (QED) is 0.846. The van der Waals surface area contributed by atoms with Crippen molar-refractivity contribution in [3.05, 3.63) is 30.1 Å². The zero-order chi connectivity index (χ0) is 15.4. The number of ether oxygens (including phenoxy) is 1. The highest BCUT2D eigenvalue weighted by atomic mass is 19.1. The summed E-state index contributed by atoms with van der Waals surface area (Å²) < 4.78 is 18.7. The zero-order valence-corrected chi connectivity index (χ0v) is 11.8. The molecule has 1 aromatic rings. The molecule has 0 N–H and O–H groups in total. The number of anilines is 1. The molecule has 1 aromatic carbocycles.